The van der Waals surface area contributed by atoms with E-state index in [0.29, 0.717) is 10.2 Å². The zero-order valence-electron chi connectivity index (χ0n) is 7.38. The summed E-state index contributed by atoms with van der Waals surface area (Å²) in [6, 6.07) is 3.25. The second kappa shape index (κ2) is 4.79. The Kier molecular flexibility index (Phi) is 3.95. The fourth-order valence-electron chi connectivity index (χ4n) is 1.05. The number of phenols is 1. The second-order valence-electron chi connectivity index (χ2n) is 2.53. The molecule has 0 saturated carbocycles. The molecule has 14 heavy (non-hydrogen) atoms. The largest absolute Gasteiger partial charge is 0.506 e. The summed E-state index contributed by atoms with van der Waals surface area (Å²) in [6.45, 7) is 0. The van der Waals surface area contributed by atoms with Gasteiger partial charge in [-0.25, -0.2) is 0 Å². The number of methoxy groups -OCH3 is 1. The Morgan fingerprint density at radius 2 is 2.21 bits per heavy atom. The van der Waals surface area contributed by atoms with E-state index in [1.165, 1.54) is 7.11 Å². The number of phenolic OH excluding ortho intramolecular Hbond substituents is 1. The number of rotatable bonds is 3. The Bertz CT molecular complexity index is 363. The Labute approximate surface area is 98.3 Å². The van der Waals surface area contributed by atoms with Gasteiger partial charge in [0.15, 0.2) is 5.78 Å². The molecular formula is C9H8Br2O3. The molecule has 0 aliphatic carbocycles. The van der Waals surface area contributed by atoms with Gasteiger partial charge in [0, 0.05) is 0 Å². The van der Waals surface area contributed by atoms with E-state index in [1.807, 2.05) is 0 Å². The molecule has 0 amide bonds. The second-order valence-corrected chi connectivity index (χ2v) is 3.95. The first-order valence-electron chi connectivity index (χ1n) is 3.76. The van der Waals surface area contributed by atoms with Crippen molar-refractivity contribution in [3.8, 4) is 11.5 Å². The predicted octanol–water partition coefficient (Wildman–Crippen LogP) is 2.74. The first-order chi connectivity index (χ1) is 6.61. The molecule has 0 aromatic heterocycles. The fourth-order valence-corrected chi connectivity index (χ4v) is 1.66. The van der Waals surface area contributed by atoms with Gasteiger partial charge >= 0.3 is 0 Å². The van der Waals surface area contributed by atoms with Crippen molar-refractivity contribution in [1.82, 2.24) is 0 Å². The van der Waals surface area contributed by atoms with Gasteiger partial charge in [-0.1, -0.05) is 15.9 Å². The van der Waals surface area contributed by atoms with Gasteiger partial charge in [-0.15, -0.1) is 0 Å². The van der Waals surface area contributed by atoms with Crippen molar-refractivity contribution >= 4 is 37.6 Å². The highest BCUT2D eigenvalue weighted by Crippen LogP contribution is 2.35. The average Bonchev–Trinajstić information content (AvgIpc) is 2.20. The van der Waals surface area contributed by atoms with E-state index >= 15 is 0 Å². The molecular weight excluding hydrogens is 316 g/mol. The Morgan fingerprint density at radius 1 is 1.57 bits per heavy atom. The summed E-state index contributed by atoms with van der Waals surface area (Å²) in [7, 11) is 1.45. The number of Topliss-reactive ketones (excluding diaryl/α,β-unsaturated/α-hetero) is 1. The van der Waals surface area contributed by atoms with Crippen molar-refractivity contribution in [2.75, 3.05) is 12.4 Å². The van der Waals surface area contributed by atoms with Gasteiger partial charge < -0.3 is 9.84 Å². The standard InChI is InChI=1S/C9H8Br2O3/c1-14-7-3-2-5(11)9(13)8(7)6(12)4-10/h2-3,13H,4H2,1H3. The lowest BCUT2D eigenvalue weighted by Crippen LogP contribution is -2.03. The van der Waals surface area contributed by atoms with Crippen LogP contribution in [0.3, 0.4) is 0 Å². The van der Waals surface area contributed by atoms with Crippen LogP contribution in [-0.2, 0) is 0 Å². The average molecular weight is 324 g/mol. The van der Waals surface area contributed by atoms with Crippen molar-refractivity contribution in [3.05, 3.63) is 22.2 Å². The molecule has 0 unspecified atom stereocenters. The Morgan fingerprint density at radius 3 is 2.71 bits per heavy atom. The molecule has 0 bridgehead atoms. The monoisotopic (exact) mass is 322 g/mol. The van der Waals surface area contributed by atoms with Gasteiger partial charge in [-0.05, 0) is 28.1 Å². The molecule has 0 aliphatic rings. The van der Waals surface area contributed by atoms with Crippen LogP contribution in [0.15, 0.2) is 16.6 Å². The van der Waals surface area contributed by atoms with Crippen LogP contribution >= 0.6 is 31.9 Å². The normalized spacial score (nSPS) is 9.93. The topological polar surface area (TPSA) is 46.5 Å². The quantitative estimate of drug-likeness (QED) is 0.687. The van der Waals surface area contributed by atoms with E-state index in [2.05, 4.69) is 31.9 Å². The summed E-state index contributed by atoms with van der Waals surface area (Å²) in [5, 5.41) is 9.79. The van der Waals surface area contributed by atoms with Crippen LogP contribution in [0, 0.1) is 0 Å². The molecule has 0 fully saturated rings. The number of halogens is 2. The zero-order valence-corrected chi connectivity index (χ0v) is 10.6. The lowest BCUT2D eigenvalue weighted by Gasteiger charge is -2.09. The summed E-state index contributed by atoms with van der Waals surface area (Å²) in [5.41, 5.74) is 0.193. The van der Waals surface area contributed by atoms with E-state index < -0.39 is 0 Å². The van der Waals surface area contributed by atoms with E-state index in [9.17, 15) is 9.90 Å². The molecule has 0 radical (unpaired) electrons. The van der Waals surface area contributed by atoms with Crippen LogP contribution in [0.25, 0.3) is 0 Å². The summed E-state index contributed by atoms with van der Waals surface area (Å²) < 4.78 is 5.46. The van der Waals surface area contributed by atoms with Crippen molar-refractivity contribution in [2.24, 2.45) is 0 Å². The molecule has 5 heteroatoms. The smallest absolute Gasteiger partial charge is 0.180 e. The van der Waals surface area contributed by atoms with Crippen molar-refractivity contribution < 1.29 is 14.6 Å². The molecule has 0 spiro atoms. The Hall–Kier alpha value is -0.550. The van der Waals surface area contributed by atoms with E-state index in [4.69, 9.17) is 4.74 Å². The molecule has 1 rings (SSSR count). The van der Waals surface area contributed by atoms with Crippen molar-refractivity contribution in [2.45, 2.75) is 0 Å². The van der Waals surface area contributed by atoms with E-state index in [1.54, 1.807) is 12.1 Å². The number of hydrogen-bond donors (Lipinski definition) is 1. The predicted molar refractivity (Wildman–Crippen MR) is 60.5 cm³/mol. The SMILES string of the molecule is COc1ccc(Br)c(O)c1C(=O)CBr. The molecule has 76 valence electrons. The molecule has 0 atom stereocenters. The van der Waals surface area contributed by atoms with Crippen molar-refractivity contribution in [3.63, 3.8) is 0 Å². The minimum absolute atomic E-state index is 0.0891. The molecule has 0 saturated heterocycles. The maximum absolute atomic E-state index is 11.5. The lowest BCUT2D eigenvalue weighted by molar-refractivity contribution is 0.101. The maximum Gasteiger partial charge on any atom is 0.180 e. The number of carbonyl (C=O) groups excluding carboxylic acids is 1. The molecule has 0 aliphatic heterocycles. The van der Waals surface area contributed by atoms with Crippen LogP contribution in [0.5, 0.6) is 11.5 Å². The summed E-state index contributed by atoms with van der Waals surface area (Å²) in [6.07, 6.45) is 0. The number of carbonyl (C=O) groups is 1. The third kappa shape index (κ3) is 2.09. The van der Waals surface area contributed by atoms with Crippen LogP contribution in [0.1, 0.15) is 10.4 Å². The highest BCUT2D eigenvalue weighted by atomic mass is 79.9. The molecule has 1 aromatic carbocycles. The van der Waals surface area contributed by atoms with Gasteiger partial charge in [0.1, 0.15) is 17.1 Å². The minimum Gasteiger partial charge on any atom is -0.506 e. The number of ether oxygens (including phenoxy) is 1. The van der Waals surface area contributed by atoms with Crippen LogP contribution < -0.4 is 4.74 Å². The van der Waals surface area contributed by atoms with Gasteiger partial charge in [-0.2, -0.15) is 0 Å². The number of hydrogen-bond acceptors (Lipinski definition) is 3. The lowest BCUT2D eigenvalue weighted by atomic mass is 10.1. The number of alkyl halides is 1. The van der Waals surface area contributed by atoms with Gasteiger partial charge in [0.2, 0.25) is 0 Å². The molecule has 1 aromatic rings. The zero-order chi connectivity index (χ0) is 10.7. The highest BCUT2D eigenvalue weighted by Gasteiger charge is 2.18. The summed E-state index contributed by atoms with van der Waals surface area (Å²) >= 11 is 6.18. The first kappa shape index (κ1) is 11.5. The van der Waals surface area contributed by atoms with Crippen LogP contribution in [0.4, 0.5) is 0 Å². The number of ketones is 1. The summed E-state index contributed by atoms with van der Waals surface area (Å²) in [4.78, 5) is 11.5. The van der Waals surface area contributed by atoms with Gasteiger partial charge in [0.25, 0.3) is 0 Å². The van der Waals surface area contributed by atoms with Crippen molar-refractivity contribution in [1.29, 1.82) is 0 Å². The highest BCUT2D eigenvalue weighted by molar-refractivity contribution is 9.10. The minimum atomic E-state index is -0.222. The number of aromatic hydroxyl groups is 1. The van der Waals surface area contributed by atoms with Crippen LogP contribution in [0.2, 0.25) is 0 Å². The molecule has 3 nitrogen and oxygen atoms in total. The van der Waals surface area contributed by atoms with E-state index in [-0.39, 0.29) is 22.4 Å². The van der Waals surface area contributed by atoms with Crippen LogP contribution in [-0.4, -0.2) is 23.3 Å². The molecule has 0 heterocycles. The summed E-state index contributed by atoms with van der Waals surface area (Å²) in [5.74, 6) is 0.0598. The maximum atomic E-state index is 11.5. The van der Waals surface area contributed by atoms with E-state index in [0.717, 1.165) is 0 Å². The fraction of sp³-hybridized carbons (Fsp3) is 0.222. The third-order valence-electron chi connectivity index (χ3n) is 1.71. The third-order valence-corrected chi connectivity index (χ3v) is 2.86. The Balaban J connectivity index is 3.35. The van der Waals surface area contributed by atoms with Gasteiger partial charge in [0.05, 0.1) is 16.9 Å². The first-order valence-corrected chi connectivity index (χ1v) is 5.68. The molecule has 1 N–H and O–H groups in total. The number of benzene rings is 1. The van der Waals surface area contributed by atoms with Gasteiger partial charge in [-0.3, -0.25) is 4.79 Å².